The van der Waals surface area contributed by atoms with E-state index in [9.17, 15) is 4.79 Å². The van der Waals surface area contributed by atoms with Crippen LogP contribution in [0.25, 0.3) is 22.4 Å². The molecule has 0 spiro atoms. The minimum absolute atomic E-state index is 0.213. The fourth-order valence-corrected chi connectivity index (χ4v) is 2.82. The van der Waals surface area contributed by atoms with Crippen LogP contribution in [0.15, 0.2) is 77.7 Å². The first kappa shape index (κ1) is 16.9. The minimum Gasteiger partial charge on any atom is -0.445 e. The predicted octanol–water partition coefficient (Wildman–Crippen LogP) is 4.02. The van der Waals surface area contributed by atoms with E-state index >= 15 is 0 Å². The fourth-order valence-electron chi connectivity index (χ4n) is 2.61. The zero-order chi connectivity index (χ0) is 18.6. The van der Waals surface area contributed by atoms with Gasteiger partial charge in [0.15, 0.2) is 5.11 Å². The van der Waals surface area contributed by atoms with Gasteiger partial charge in [-0.15, -0.1) is 0 Å². The van der Waals surface area contributed by atoms with E-state index in [-0.39, 0.29) is 11.0 Å². The summed E-state index contributed by atoms with van der Waals surface area (Å²) in [6, 6.07) is 16.5. The van der Waals surface area contributed by atoms with Gasteiger partial charge in [-0.05, 0) is 54.7 Å². The Labute approximate surface area is 160 Å². The molecule has 0 unspecified atom stereocenters. The molecule has 27 heavy (non-hydrogen) atoms. The number of carbonyl (C=O) groups is 1. The van der Waals surface area contributed by atoms with E-state index in [4.69, 9.17) is 16.6 Å². The van der Waals surface area contributed by atoms with Crippen molar-refractivity contribution in [2.24, 2.45) is 0 Å². The summed E-state index contributed by atoms with van der Waals surface area (Å²) in [5.74, 6) is 0.249. The third kappa shape index (κ3) is 3.83. The van der Waals surface area contributed by atoms with Gasteiger partial charge < -0.3 is 9.73 Å². The number of fused-ring (bicyclic) bond motifs is 1. The maximum atomic E-state index is 12.4. The van der Waals surface area contributed by atoms with Gasteiger partial charge in [-0.2, -0.15) is 0 Å². The van der Waals surface area contributed by atoms with Gasteiger partial charge in [-0.25, -0.2) is 4.98 Å². The summed E-state index contributed by atoms with van der Waals surface area (Å²) >= 11 is 5.23. The lowest BCUT2D eigenvalue weighted by molar-refractivity contribution is 0.0978. The number of anilines is 1. The Morgan fingerprint density at radius 1 is 1.00 bits per heavy atom. The predicted molar refractivity (Wildman–Crippen MR) is 107 cm³/mol. The topological polar surface area (TPSA) is 80.0 Å². The molecule has 0 bridgehead atoms. The van der Waals surface area contributed by atoms with Gasteiger partial charge in [0.2, 0.25) is 5.89 Å². The average molecular weight is 374 g/mol. The van der Waals surface area contributed by atoms with Crippen LogP contribution in [-0.4, -0.2) is 21.0 Å². The van der Waals surface area contributed by atoms with Crippen molar-refractivity contribution in [1.29, 1.82) is 0 Å². The third-order valence-corrected chi connectivity index (χ3v) is 4.12. The number of benzene rings is 2. The smallest absolute Gasteiger partial charge is 0.257 e. The quantitative estimate of drug-likeness (QED) is 0.527. The highest BCUT2D eigenvalue weighted by molar-refractivity contribution is 7.80. The molecule has 4 aromatic rings. The Morgan fingerprint density at radius 2 is 1.85 bits per heavy atom. The molecule has 0 fully saturated rings. The Hall–Kier alpha value is -3.58. The third-order valence-electron chi connectivity index (χ3n) is 3.92. The standard InChI is InChI=1S/C20H14N4O2S/c25-18(15-4-3-13-2-1-9-21-17(13)12-15)24-20(27)23-16-7-5-14(6-8-16)19-22-10-11-26-19/h1-12H,(H2,23,24,25,27). The van der Waals surface area contributed by atoms with Crippen LogP contribution in [0.2, 0.25) is 0 Å². The van der Waals surface area contributed by atoms with Crippen molar-refractivity contribution in [1.82, 2.24) is 15.3 Å². The van der Waals surface area contributed by atoms with Crippen LogP contribution in [0.1, 0.15) is 10.4 Å². The molecular weight excluding hydrogens is 360 g/mol. The first-order chi connectivity index (χ1) is 13.2. The highest BCUT2D eigenvalue weighted by atomic mass is 32.1. The van der Waals surface area contributed by atoms with E-state index in [1.54, 1.807) is 24.5 Å². The van der Waals surface area contributed by atoms with Gasteiger partial charge >= 0.3 is 0 Å². The van der Waals surface area contributed by atoms with Crippen molar-refractivity contribution < 1.29 is 9.21 Å². The fraction of sp³-hybridized carbons (Fsp3) is 0. The molecule has 2 heterocycles. The normalized spacial score (nSPS) is 10.5. The van der Waals surface area contributed by atoms with Crippen LogP contribution in [0.5, 0.6) is 0 Å². The molecule has 2 aromatic heterocycles. The number of amides is 1. The maximum absolute atomic E-state index is 12.4. The molecule has 1 amide bonds. The molecule has 4 rings (SSSR count). The SMILES string of the molecule is O=C(NC(=S)Nc1ccc(-c2ncco2)cc1)c1ccc2cccnc2c1. The first-order valence-electron chi connectivity index (χ1n) is 8.16. The number of thiocarbonyl (C=S) groups is 1. The van der Waals surface area contributed by atoms with Crippen LogP contribution in [-0.2, 0) is 0 Å². The van der Waals surface area contributed by atoms with E-state index in [1.165, 1.54) is 6.26 Å². The lowest BCUT2D eigenvalue weighted by Gasteiger charge is -2.10. The van der Waals surface area contributed by atoms with Crippen LogP contribution < -0.4 is 10.6 Å². The van der Waals surface area contributed by atoms with Crippen molar-refractivity contribution in [2.45, 2.75) is 0 Å². The first-order valence-corrected chi connectivity index (χ1v) is 8.57. The number of hydrogen-bond donors (Lipinski definition) is 2. The summed E-state index contributed by atoms with van der Waals surface area (Å²) in [5.41, 5.74) is 2.84. The lowest BCUT2D eigenvalue weighted by atomic mass is 10.1. The van der Waals surface area contributed by atoms with E-state index in [1.807, 2.05) is 42.5 Å². The molecule has 0 aliphatic heterocycles. The number of carbonyl (C=O) groups excluding carboxylic acids is 1. The van der Waals surface area contributed by atoms with Gasteiger partial charge in [-0.3, -0.25) is 15.1 Å². The number of nitrogens with one attached hydrogen (secondary N) is 2. The Morgan fingerprint density at radius 3 is 2.63 bits per heavy atom. The number of pyridine rings is 1. The number of aromatic nitrogens is 2. The molecule has 0 aliphatic carbocycles. The molecule has 0 aliphatic rings. The maximum Gasteiger partial charge on any atom is 0.257 e. The van der Waals surface area contributed by atoms with Crippen molar-refractivity contribution in [3.8, 4) is 11.5 Å². The van der Waals surface area contributed by atoms with Gasteiger partial charge in [-0.1, -0.05) is 12.1 Å². The Balaban J connectivity index is 1.41. The summed E-state index contributed by atoms with van der Waals surface area (Å²) in [6.07, 6.45) is 4.81. The second kappa shape index (κ2) is 7.35. The molecule has 132 valence electrons. The van der Waals surface area contributed by atoms with Gasteiger partial charge in [0.25, 0.3) is 5.91 Å². The van der Waals surface area contributed by atoms with Crippen molar-refractivity contribution >= 4 is 39.8 Å². The summed E-state index contributed by atoms with van der Waals surface area (Å²) in [6.45, 7) is 0. The summed E-state index contributed by atoms with van der Waals surface area (Å²) in [5, 5.41) is 6.85. The van der Waals surface area contributed by atoms with E-state index in [0.29, 0.717) is 11.5 Å². The van der Waals surface area contributed by atoms with Crippen molar-refractivity contribution in [3.05, 3.63) is 78.8 Å². The van der Waals surface area contributed by atoms with Crippen molar-refractivity contribution in [2.75, 3.05) is 5.32 Å². The number of hydrogen-bond acceptors (Lipinski definition) is 5. The highest BCUT2D eigenvalue weighted by Gasteiger charge is 2.09. The second-order valence-electron chi connectivity index (χ2n) is 5.73. The Kier molecular flexibility index (Phi) is 4.59. The molecule has 0 radical (unpaired) electrons. The zero-order valence-electron chi connectivity index (χ0n) is 14.0. The van der Waals surface area contributed by atoms with Crippen LogP contribution in [0.3, 0.4) is 0 Å². The van der Waals surface area contributed by atoms with Gasteiger partial charge in [0, 0.05) is 28.4 Å². The summed E-state index contributed by atoms with van der Waals surface area (Å²) in [7, 11) is 0. The second-order valence-corrected chi connectivity index (χ2v) is 6.14. The van der Waals surface area contributed by atoms with Crippen LogP contribution in [0.4, 0.5) is 5.69 Å². The molecule has 0 saturated carbocycles. The van der Waals surface area contributed by atoms with Crippen LogP contribution in [0, 0.1) is 0 Å². The van der Waals surface area contributed by atoms with Crippen LogP contribution >= 0.6 is 12.2 Å². The Bertz CT molecular complexity index is 1110. The number of nitrogens with zero attached hydrogens (tertiary/aromatic N) is 2. The molecule has 6 nitrogen and oxygen atoms in total. The highest BCUT2D eigenvalue weighted by Crippen LogP contribution is 2.19. The largest absolute Gasteiger partial charge is 0.445 e. The average Bonchev–Trinajstić information content (AvgIpc) is 3.23. The molecular formula is C20H14N4O2S. The summed E-state index contributed by atoms with van der Waals surface area (Å²) in [4.78, 5) is 20.8. The van der Waals surface area contributed by atoms with Gasteiger partial charge in [0.05, 0.1) is 11.7 Å². The molecule has 2 aromatic carbocycles. The summed E-state index contributed by atoms with van der Waals surface area (Å²) < 4.78 is 5.25. The number of oxazole rings is 1. The lowest BCUT2D eigenvalue weighted by Crippen LogP contribution is -2.34. The molecule has 0 atom stereocenters. The molecule has 7 heteroatoms. The van der Waals surface area contributed by atoms with E-state index < -0.39 is 0 Å². The van der Waals surface area contributed by atoms with E-state index in [2.05, 4.69) is 20.6 Å². The molecule has 2 N–H and O–H groups in total. The van der Waals surface area contributed by atoms with Gasteiger partial charge in [0.1, 0.15) is 6.26 Å². The van der Waals surface area contributed by atoms with E-state index in [0.717, 1.165) is 22.2 Å². The minimum atomic E-state index is -0.295. The number of rotatable bonds is 3. The monoisotopic (exact) mass is 374 g/mol. The van der Waals surface area contributed by atoms with Crippen molar-refractivity contribution in [3.63, 3.8) is 0 Å². The molecule has 0 saturated heterocycles. The zero-order valence-corrected chi connectivity index (χ0v) is 14.9.